The van der Waals surface area contributed by atoms with Gasteiger partial charge >= 0.3 is 0 Å². The van der Waals surface area contributed by atoms with Crippen LogP contribution in [-0.4, -0.2) is 7.11 Å². The standard InChI is InChI=1S/C44H43ClO3P2/c1-5-29-44(6-2,34-21-25-36(46-4)26-22-34)50-48-40-28-16-31-12-8-10-14-38(31)42(40)41-37-13-9-7-11-30(37)15-27-39(41)47-49-43(3,32-17-18-32)33-19-23-35(45)24-20-33/h6-16,19-28,32,49-50H,2,5,17-18,29H2,1,3-4H3. The van der Waals surface area contributed by atoms with Crippen LogP contribution in [0.15, 0.2) is 134 Å². The maximum absolute atomic E-state index is 7.06. The molecule has 1 saturated carbocycles. The van der Waals surface area contributed by atoms with Gasteiger partial charge in [0.15, 0.2) is 0 Å². The van der Waals surface area contributed by atoms with E-state index in [9.17, 15) is 0 Å². The monoisotopic (exact) mass is 716 g/mol. The first-order valence-corrected chi connectivity index (χ1v) is 19.5. The van der Waals surface area contributed by atoms with Crippen molar-refractivity contribution in [2.24, 2.45) is 5.92 Å². The molecule has 0 aromatic heterocycles. The van der Waals surface area contributed by atoms with E-state index in [0.717, 1.165) is 67.8 Å². The summed E-state index contributed by atoms with van der Waals surface area (Å²) in [5.74, 6) is 3.12. The van der Waals surface area contributed by atoms with Crippen molar-refractivity contribution in [3.8, 4) is 28.4 Å². The molecule has 254 valence electrons. The maximum Gasteiger partial charge on any atom is 0.131 e. The van der Waals surface area contributed by atoms with Crippen LogP contribution in [0.5, 0.6) is 17.2 Å². The first-order valence-electron chi connectivity index (χ1n) is 17.3. The van der Waals surface area contributed by atoms with Crippen LogP contribution in [0.4, 0.5) is 0 Å². The van der Waals surface area contributed by atoms with E-state index >= 15 is 0 Å². The van der Waals surface area contributed by atoms with Gasteiger partial charge in [0.1, 0.15) is 17.2 Å². The van der Waals surface area contributed by atoms with E-state index in [1.54, 1.807) is 7.11 Å². The minimum atomic E-state index is -0.353. The Hall–Kier alpha value is -3.87. The Morgan fingerprint density at radius 3 is 1.78 bits per heavy atom. The van der Waals surface area contributed by atoms with Crippen LogP contribution < -0.4 is 13.8 Å². The number of halogens is 1. The highest BCUT2D eigenvalue weighted by molar-refractivity contribution is 7.34. The van der Waals surface area contributed by atoms with Gasteiger partial charge in [-0.05, 0) is 101 Å². The molecule has 1 fully saturated rings. The summed E-state index contributed by atoms with van der Waals surface area (Å²) in [7, 11) is 2.03. The average Bonchev–Trinajstić information content (AvgIpc) is 4.02. The molecule has 4 atom stereocenters. The molecule has 50 heavy (non-hydrogen) atoms. The summed E-state index contributed by atoms with van der Waals surface area (Å²) >= 11 is 6.31. The highest BCUT2D eigenvalue weighted by atomic mass is 35.5. The Morgan fingerprint density at radius 2 is 1.26 bits per heavy atom. The van der Waals surface area contributed by atoms with Gasteiger partial charge in [0.05, 0.1) is 29.9 Å². The molecule has 0 heterocycles. The second-order valence-electron chi connectivity index (χ2n) is 13.4. The molecule has 4 unspecified atom stereocenters. The third-order valence-corrected chi connectivity index (χ3v) is 13.3. The van der Waals surface area contributed by atoms with Crippen LogP contribution in [0.25, 0.3) is 32.7 Å². The fraction of sp³-hybridized carbons (Fsp3) is 0.227. The minimum absolute atomic E-state index is 0.107. The predicted octanol–water partition coefficient (Wildman–Crippen LogP) is 13.5. The van der Waals surface area contributed by atoms with Crippen molar-refractivity contribution in [3.05, 3.63) is 150 Å². The van der Waals surface area contributed by atoms with Gasteiger partial charge in [-0.25, -0.2) is 0 Å². The van der Waals surface area contributed by atoms with E-state index in [4.69, 9.17) is 25.4 Å². The molecule has 6 heteroatoms. The second-order valence-corrected chi connectivity index (χ2v) is 16.5. The van der Waals surface area contributed by atoms with Crippen LogP contribution >= 0.6 is 29.2 Å². The Labute approximate surface area is 304 Å². The van der Waals surface area contributed by atoms with Gasteiger partial charge in [-0.1, -0.05) is 116 Å². The van der Waals surface area contributed by atoms with Crippen molar-refractivity contribution >= 4 is 50.8 Å². The minimum Gasteiger partial charge on any atom is -0.497 e. The molecule has 0 N–H and O–H groups in total. The summed E-state index contributed by atoms with van der Waals surface area (Å²) < 4.78 is 19.6. The van der Waals surface area contributed by atoms with Crippen LogP contribution in [0, 0.1) is 5.92 Å². The van der Waals surface area contributed by atoms with E-state index < -0.39 is 0 Å². The number of hydrogen-bond acceptors (Lipinski definition) is 3. The SMILES string of the molecule is C=CC(CCC)(POc1ccc2ccccc2c1-c1c(OPC(C)(c2ccc(Cl)cc2)C2CC2)ccc2ccccc12)c1ccc(OC)cc1. The molecule has 0 bridgehead atoms. The lowest BCUT2D eigenvalue weighted by Crippen LogP contribution is -2.20. The number of rotatable bonds is 14. The molecule has 0 saturated heterocycles. The molecule has 0 aliphatic heterocycles. The van der Waals surface area contributed by atoms with Crippen molar-refractivity contribution in [2.75, 3.05) is 7.11 Å². The normalized spacial score (nSPS) is 15.8. The van der Waals surface area contributed by atoms with Gasteiger partial charge < -0.3 is 13.8 Å². The molecular weight excluding hydrogens is 674 g/mol. The van der Waals surface area contributed by atoms with Gasteiger partial charge in [0.25, 0.3) is 0 Å². The van der Waals surface area contributed by atoms with Crippen LogP contribution in [-0.2, 0) is 10.3 Å². The second kappa shape index (κ2) is 14.8. The molecule has 7 rings (SSSR count). The van der Waals surface area contributed by atoms with Gasteiger partial charge in [-0.15, -0.1) is 6.58 Å². The van der Waals surface area contributed by atoms with E-state index in [1.165, 1.54) is 24.0 Å². The van der Waals surface area contributed by atoms with Crippen molar-refractivity contribution in [1.82, 2.24) is 0 Å². The quantitative estimate of drug-likeness (QED) is 0.0829. The van der Waals surface area contributed by atoms with Crippen molar-refractivity contribution in [3.63, 3.8) is 0 Å². The molecule has 1 aliphatic rings. The number of allylic oxidation sites excluding steroid dienone is 1. The lowest BCUT2D eigenvalue weighted by atomic mass is 9.92. The highest BCUT2D eigenvalue weighted by Gasteiger charge is 2.44. The largest absolute Gasteiger partial charge is 0.497 e. The third-order valence-electron chi connectivity index (χ3n) is 10.2. The van der Waals surface area contributed by atoms with Crippen LogP contribution in [0.3, 0.4) is 0 Å². The van der Waals surface area contributed by atoms with E-state index in [1.807, 2.05) is 24.3 Å². The predicted molar refractivity (Wildman–Crippen MR) is 216 cm³/mol. The van der Waals surface area contributed by atoms with Gasteiger partial charge in [-0.3, -0.25) is 0 Å². The fourth-order valence-corrected chi connectivity index (χ4v) is 9.67. The van der Waals surface area contributed by atoms with E-state index in [-0.39, 0.29) is 27.9 Å². The Bertz CT molecular complexity index is 2130. The number of hydrogen-bond donors (Lipinski definition) is 0. The van der Waals surface area contributed by atoms with Gasteiger partial charge in [-0.2, -0.15) is 0 Å². The van der Waals surface area contributed by atoms with E-state index in [2.05, 4.69) is 124 Å². The highest BCUT2D eigenvalue weighted by Crippen LogP contribution is 2.59. The summed E-state index contributed by atoms with van der Waals surface area (Å²) in [4.78, 5) is 0. The Kier molecular flexibility index (Phi) is 10.2. The smallest absolute Gasteiger partial charge is 0.131 e. The van der Waals surface area contributed by atoms with Crippen molar-refractivity contribution in [2.45, 2.75) is 49.8 Å². The number of fused-ring (bicyclic) bond motifs is 2. The zero-order valence-electron chi connectivity index (χ0n) is 28.8. The first-order chi connectivity index (χ1) is 24.4. The van der Waals surface area contributed by atoms with Gasteiger partial charge in [0, 0.05) is 21.3 Å². The fourth-order valence-electron chi connectivity index (χ4n) is 7.13. The van der Waals surface area contributed by atoms with Crippen molar-refractivity contribution < 1.29 is 13.8 Å². The van der Waals surface area contributed by atoms with E-state index in [0.29, 0.717) is 5.92 Å². The maximum atomic E-state index is 7.06. The van der Waals surface area contributed by atoms with Crippen molar-refractivity contribution in [1.29, 1.82) is 0 Å². The number of methoxy groups -OCH3 is 1. The molecule has 3 nitrogen and oxygen atoms in total. The summed E-state index contributed by atoms with van der Waals surface area (Å²) in [5.41, 5.74) is 4.56. The lowest BCUT2D eigenvalue weighted by molar-refractivity contribution is 0.414. The molecular formula is C44H43ClO3P2. The number of benzene rings is 6. The molecule has 6 aromatic rings. The third kappa shape index (κ3) is 6.77. The Morgan fingerprint density at radius 1 is 0.720 bits per heavy atom. The zero-order valence-corrected chi connectivity index (χ0v) is 31.6. The topological polar surface area (TPSA) is 27.7 Å². The lowest BCUT2D eigenvalue weighted by Gasteiger charge is -2.32. The van der Waals surface area contributed by atoms with Crippen LogP contribution in [0.1, 0.15) is 50.7 Å². The molecule has 0 radical (unpaired) electrons. The van der Waals surface area contributed by atoms with Gasteiger partial charge in [0.2, 0.25) is 0 Å². The summed E-state index contributed by atoms with van der Waals surface area (Å²) in [6.45, 7) is 8.90. The molecule has 1 aliphatic carbocycles. The first kappa shape index (κ1) is 34.6. The summed E-state index contributed by atoms with van der Waals surface area (Å²) in [6.07, 6.45) is 6.39. The number of ether oxygens (including phenoxy) is 1. The summed E-state index contributed by atoms with van der Waals surface area (Å²) in [6, 6.07) is 42.5. The average molecular weight is 717 g/mol. The zero-order chi connectivity index (χ0) is 34.7. The Balaban J connectivity index is 1.35. The van der Waals surface area contributed by atoms with Crippen LogP contribution in [0.2, 0.25) is 5.02 Å². The molecule has 0 amide bonds. The molecule has 0 spiro atoms. The molecule has 6 aromatic carbocycles. The summed E-state index contributed by atoms with van der Waals surface area (Å²) in [5, 5.41) is 4.87.